The summed E-state index contributed by atoms with van der Waals surface area (Å²) in [5.74, 6) is -0.580. The van der Waals surface area contributed by atoms with Gasteiger partial charge in [-0.1, -0.05) is 0 Å². The topological polar surface area (TPSA) is 86.5 Å². The van der Waals surface area contributed by atoms with Gasteiger partial charge in [0.25, 0.3) is 0 Å². The molecular formula is C11H15NO4S. The zero-order valence-electron chi connectivity index (χ0n) is 9.98. The fourth-order valence-electron chi connectivity index (χ4n) is 1.43. The normalized spacial score (nSPS) is 11.2. The zero-order valence-corrected chi connectivity index (χ0v) is 10.8. The average molecular weight is 257 g/mol. The predicted molar refractivity (Wildman–Crippen MR) is 64.7 cm³/mol. The highest BCUT2D eigenvalue weighted by atomic mass is 32.2. The third-order valence-corrected chi connectivity index (χ3v) is 3.53. The van der Waals surface area contributed by atoms with E-state index in [1.807, 2.05) is 0 Å². The van der Waals surface area contributed by atoms with Crippen molar-refractivity contribution in [1.29, 1.82) is 0 Å². The van der Waals surface area contributed by atoms with Crippen molar-refractivity contribution >= 4 is 21.5 Å². The van der Waals surface area contributed by atoms with E-state index in [-0.39, 0.29) is 22.8 Å². The van der Waals surface area contributed by atoms with E-state index in [0.717, 1.165) is 6.26 Å². The van der Waals surface area contributed by atoms with Gasteiger partial charge < -0.3 is 10.5 Å². The van der Waals surface area contributed by atoms with Gasteiger partial charge >= 0.3 is 5.97 Å². The van der Waals surface area contributed by atoms with Gasteiger partial charge in [-0.2, -0.15) is 0 Å². The fraction of sp³-hybridized carbons (Fsp3) is 0.364. The molecule has 0 bridgehead atoms. The second-order valence-electron chi connectivity index (χ2n) is 3.68. The molecule has 0 radical (unpaired) electrons. The van der Waals surface area contributed by atoms with Crippen molar-refractivity contribution in [3.63, 3.8) is 0 Å². The molecule has 1 aromatic carbocycles. The summed E-state index contributed by atoms with van der Waals surface area (Å²) < 4.78 is 27.9. The van der Waals surface area contributed by atoms with Crippen LogP contribution in [-0.2, 0) is 14.6 Å². The van der Waals surface area contributed by atoms with Gasteiger partial charge in [-0.15, -0.1) is 0 Å². The van der Waals surface area contributed by atoms with Crippen molar-refractivity contribution < 1.29 is 17.9 Å². The van der Waals surface area contributed by atoms with Gasteiger partial charge in [0, 0.05) is 11.9 Å². The summed E-state index contributed by atoms with van der Waals surface area (Å²) in [6.07, 6.45) is 1.07. The molecule has 0 saturated carbocycles. The number of carbonyl (C=O) groups is 1. The lowest BCUT2D eigenvalue weighted by Crippen LogP contribution is -2.10. The van der Waals surface area contributed by atoms with Crippen LogP contribution in [0, 0.1) is 6.92 Å². The third-order valence-electron chi connectivity index (χ3n) is 2.31. The first-order valence-electron chi connectivity index (χ1n) is 5.04. The number of nitrogens with two attached hydrogens (primary N) is 1. The first-order valence-corrected chi connectivity index (χ1v) is 6.93. The molecule has 17 heavy (non-hydrogen) atoms. The molecule has 6 heteroatoms. The molecule has 0 aliphatic rings. The van der Waals surface area contributed by atoms with Gasteiger partial charge in [-0.3, -0.25) is 0 Å². The second kappa shape index (κ2) is 4.75. The number of ether oxygens (including phenoxy) is 1. The van der Waals surface area contributed by atoms with Gasteiger partial charge in [0.15, 0.2) is 9.84 Å². The molecule has 94 valence electrons. The molecule has 0 fully saturated rings. The van der Waals surface area contributed by atoms with E-state index in [4.69, 9.17) is 10.5 Å². The Balaban J connectivity index is 3.39. The number of hydrogen-bond donors (Lipinski definition) is 1. The average Bonchev–Trinajstić information content (AvgIpc) is 2.20. The molecule has 0 aliphatic carbocycles. The summed E-state index contributed by atoms with van der Waals surface area (Å²) in [5.41, 5.74) is 6.53. The van der Waals surface area contributed by atoms with Crippen LogP contribution in [0.2, 0.25) is 0 Å². The van der Waals surface area contributed by atoms with Crippen LogP contribution in [-0.4, -0.2) is 27.2 Å². The lowest BCUT2D eigenvalue weighted by molar-refractivity contribution is 0.0526. The number of carbonyl (C=O) groups excluding carboxylic acids is 1. The molecule has 5 nitrogen and oxygen atoms in total. The molecule has 0 aliphatic heterocycles. The minimum absolute atomic E-state index is 0.0561. The first-order chi connectivity index (χ1) is 7.77. The zero-order chi connectivity index (χ0) is 13.2. The number of esters is 1. The van der Waals surface area contributed by atoms with E-state index in [0.29, 0.717) is 5.56 Å². The van der Waals surface area contributed by atoms with Crippen molar-refractivity contribution in [2.45, 2.75) is 18.7 Å². The van der Waals surface area contributed by atoms with E-state index in [1.165, 1.54) is 12.1 Å². The van der Waals surface area contributed by atoms with Gasteiger partial charge in [0.2, 0.25) is 0 Å². The molecule has 0 spiro atoms. The SMILES string of the molecule is CCOC(=O)c1cc(N)c(C)c(S(C)(=O)=O)c1. The standard InChI is InChI=1S/C11H15NO4S/c1-4-16-11(13)8-5-9(12)7(2)10(6-8)17(3,14)15/h5-6H,4,12H2,1-3H3. The Hall–Kier alpha value is -1.56. The van der Waals surface area contributed by atoms with Crippen LogP contribution in [0.4, 0.5) is 5.69 Å². The van der Waals surface area contributed by atoms with Crippen LogP contribution in [0.1, 0.15) is 22.8 Å². The summed E-state index contributed by atoms with van der Waals surface area (Å²) in [5, 5.41) is 0. The predicted octanol–water partition coefficient (Wildman–Crippen LogP) is 1.16. The second-order valence-corrected chi connectivity index (χ2v) is 5.67. The molecule has 0 amide bonds. The third kappa shape index (κ3) is 2.97. The molecule has 0 heterocycles. The van der Waals surface area contributed by atoms with Crippen molar-refractivity contribution in [2.24, 2.45) is 0 Å². The van der Waals surface area contributed by atoms with Crippen LogP contribution in [0.3, 0.4) is 0 Å². The van der Waals surface area contributed by atoms with E-state index in [2.05, 4.69) is 0 Å². The van der Waals surface area contributed by atoms with E-state index in [1.54, 1.807) is 13.8 Å². The lowest BCUT2D eigenvalue weighted by atomic mass is 10.1. The Morgan fingerprint density at radius 3 is 2.47 bits per heavy atom. The summed E-state index contributed by atoms with van der Waals surface area (Å²) >= 11 is 0. The maximum atomic E-state index is 11.5. The van der Waals surface area contributed by atoms with Crippen molar-refractivity contribution in [1.82, 2.24) is 0 Å². The van der Waals surface area contributed by atoms with Crippen molar-refractivity contribution in [3.8, 4) is 0 Å². The molecule has 0 aromatic heterocycles. The number of sulfone groups is 1. The van der Waals surface area contributed by atoms with Crippen LogP contribution < -0.4 is 5.73 Å². The summed E-state index contributed by atoms with van der Waals surface area (Å²) in [6.45, 7) is 3.49. The number of rotatable bonds is 3. The Labute approximate surface area is 100 Å². The van der Waals surface area contributed by atoms with E-state index in [9.17, 15) is 13.2 Å². The van der Waals surface area contributed by atoms with Gasteiger partial charge in [-0.25, -0.2) is 13.2 Å². The highest BCUT2D eigenvalue weighted by molar-refractivity contribution is 7.90. The van der Waals surface area contributed by atoms with Gasteiger partial charge in [0.1, 0.15) is 0 Å². The summed E-state index contributed by atoms with van der Waals surface area (Å²) in [6, 6.07) is 2.71. The molecule has 1 rings (SSSR count). The Kier molecular flexibility index (Phi) is 3.77. The molecule has 0 saturated heterocycles. The Morgan fingerprint density at radius 2 is 2.00 bits per heavy atom. The van der Waals surface area contributed by atoms with Crippen LogP contribution >= 0.6 is 0 Å². The maximum Gasteiger partial charge on any atom is 0.338 e. The number of benzene rings is 1. The summed E-state index contributed by atoms with van der Waals surface area (Å²) in [4.78, 5) is 11.6. The smallest absolute Gasteiger partial charge is 0.338 e. The molecule has 1 aromatic rings. The fourth-order valence-corrected chi connectivity index (χ4v) is 2.44. The van der Waals surface area contributed by atoms with Crippen LogP contribution in [0.5, 0.6) is 0 Å². The maximum absolute atomic E-state index is 11.5. The quantitative estimate of drug-likeness (QED) is 0.648. The molecular weight excluding hydrogens is 242 g/mol. The first kappa shape index (κ1) is 13.5. The Bertz CT molecular complexity index is 549. The van der Waals surface area contributed by atoms with Crippen molar-refractivity contribution in [2.75, 3.05) is 18.6 Å². The highest BCUT2D eigenvalue weighted by Crippen LogP contribution is 2.23. The minimum atomic E-state index is -3.41. The molecule has 2 N–H and O–H groups in total. The van der Waals surface area contributed by atoms with Crippen molar-refractivity contribution in [3.05, 3.63) is 23.3 Å². The lowest BCUT2D eigenvalue weighted by Gasteiger charge is -2.09. The van der Waals surface area contributed by atoms with Gasteiger partial charge in [0.05, 0.1) is 17.1 Å². The number of hydrogen-bond acceptors (Lipinski definition) is 5. The minimum Gasteiger partial charge on any atom is -0.462 e. The van der Waals surface area contributed by atoms with Crippen LogP contribution in [0.15, 0.2) is 17.0 Å². The Morgan fingerprint density at radius 1 is 1.41 bits per heavy atom. The van der Waals surface area contributed by atoms with E-state index >= 15 is 0 Å². The van der Waals surface area contributed by atoms with E-state index < -0.39 is 15.8 Å². The molecule has 0 unspecified atom stereocenters. The number of nitrogen functional groups attached to an aromatic ring is 1. The number of anilines is 1. The monoisotopic (exact) mass is 257 g/mol. The van der Waals surface area contributed by atoms with Crippen LogP contribution in [0.25, 0.3) is 0 Å². The largest absolute Gasteiger partial charge is 0.462 e. The van der Waals surface area contributed by atoms with Gasteiger partial charge in [-0.05, 0) is 31.5 Å². The highest BCUT2D eigenvalue weighted by Gasteiger charge is 2.17. The molecule has 0 atom stereocenters. The summed E-state index contributed by atoms with van der Waals surface area (Å²) in [7, 11) is -3.41.